The summed E-state index contributed by atoms with van der Waals surface area (Å²) >= 11 is 0. The summed E-state index contributed by atoms with van der Waals surface area (Å²) in [6.07, 6.45) is 2.49. The third-order valence-electron chi connectivity index (χ3n) is 5.62. The number of aryl methyl sites for hydroxylation is 1. The Morgan fingerprint density at radius 1 is 1.15 bits per heavy atom. The molecule has 4 heterocycles. The second kappa shape index (κ2) is 7.47. The van der Waals surface area contributed by atoms with Gasteiger partial charge in [-0.25, -0.2) is 4.79 Å². The van der Waals surface area contributed by atoms with Crippen molar-refractivity contribution in [2.24, 2.45) is 7.05 Å². The van der Waals surface area contributed by atoms with Crippen LogP contribution in [0.3, 0.4) is 0 Å². The van der Waals surface area contributed by atoms with Crippen molar-refractivity contribution < 1.29 is 17.7 Å². The van der Waals surface area contributed by atoms with E-state index in [-0.39, 0.29) is 11.4 Å². The third-order valence-corrected chi connectivity index (χ3v) is 5.62. The smallest absolute Gasteiger partial charge is 0.364 e. The number of halogens is 3. The Kier molecular flexibility index (Phi) is 4.69. The average molecular weight is 454 g/mol. The van der Waals surface area contributed by atoms with Gasteiger partial charge < -0.3 is 9.09 Å². The summed E-state index contributed by atoms with van der Waals surface area (Å²) in [5.74, 6) is 0.478. The third kappa shape index (κ3) is 3.51. The molecule has 1 aromatic carbocycles. The van der Waals surface area contributed by atoms with Crippen molar-refractivity contribution in [1.82, 2.24) is 28.9 Å². The molecular weight excluding hydrogens is 437 g/mol. The van der Waals surface area contributed by atoms with E-state index in [2.05, 4.69) is 15.4 Å². The molecule has 0 saturated heterocycles. The molecular formula is C22H17F3N6O2. The van der Waals surface area contributed by atoms with E-state index < -0.39 is 17.4 Å². The number of rotatable bonds is 4. The molecule has 0 aliphatic heterocycles. The molecule has 168 valence electrons. The minimum atomic E-state index is -4.60. The highest BCUT2D eigenvalue weighted by atomic mass is 19.4. The van der Waals surface area contributed by atoms with Crippen LogP contribution in [-0.4, -0.2) is 28.9 Å². The number of hydrogen-bond acceptors (Lipinski definition) is 5. The first-order chi connectivity index (χ1) is 15.7. The number of fused-ring (bicyclic) bond motifs is 1. The predicted molar refractivity (Wildman–Crippen MR) is 112 cm³/mol. The van der Waals surface area contributed by atoms with Gasteiger partial charge in [0, 0.05) is 30.9 Å². The largest absolute Gasteiger partial charge is 0.418 e. The van der Waals surface area contributed by atoms with Gasteiger partial charge in [0.15, 0.2) is 0 Å². The maximum atomic E-state index is 13.5. The fourth-order valence-electron chi connectivity index (χ4n) is 3.91. The molecule has 0 spiro atoms. The van der Waals surface area contributed by atoms with Crippen LogP contribution in [-0.2, 0) is 13.2 Å². The van der Waals surface area contributed by atoms with Crippen LogP contribution in [0.2, 0.25) is 0 Å². The van der Waals surface area contributed by atoms with E-state index in [1.54, 1.807) is 23.0 Å². The molecule has 0 bridgehead atoms. The molecule has 5 aromatic rings. The number of hydrogen-bond donors (Lipinski definition) is 0. The number of pyridine rings is 1. The van der Waals surface area contributed by atoms with Crippen LogP contribution in [0.5, 0.6) is 0 Å². The highest BCUT2D eigenvalue weighted by Crippen LogP contribution is 2.33. The van der Waals surface area contributed by atoms with Gasteiger partial charge in [0.25, 0.3) is 0 Å². The summed E-state index contributed by atoms with van der Waals surface area (Å²) in [4.78, 5) is 13.1. The maximum Gasteiger partial charge on any atom is 0.418 e. The maximum absolute atomic E-state index is 13.5. The molecule has 0 amide bonds. The van der Waals surface area contributed by atoms with E-state index in [9.17, 15) is 18.0 Å². The molecule has 0 aliphatic carbocycles. The Bertz CT molecular complexity index is 1510. The molecule has 0 aliphatic rings. The highest BCUT2D eigenvalue weighted by Gasteiger charge is 2.33. The summed E-state index contributed by atoms with van der Waals surface area (Å²) in [5.41, 5.74) is 0.817. The van der Waals surface area contributed by atoms with Crippen LogP contribution in [0.15, 0.2) is 70.8 Å². The molecule has 8 nitrogen and oxygen atoms in total. The van der Waals surface area contributed by atoms with Crippen LogP contribution < -0.4 is 5.69 Å². The van der Waals surface area contributed by atoms with Gasteiger partial charge in [0.2, 0.25) is 0 Å². The van der Waals surface area contributed by atoms with E-state index in [1.807, 2.05) is 20.0 Å². The van der Waals surface area contributed by atoms with Crippen molar-refractivity contribution in [3.63, 3.8) is 0 Å². The Hall–Kier alpha value is -4.15. The standard InChI is InChI=1S/C22H17F3N6O2/c1-13(20-28-26-12-29(20)2)14-6-15(16-9-27-33-11-16)8-17(7-14)31-10-19-18(22(23,24)25)4-3-5-30(19)21(31)32/h3-13H,1-2H3/t13-/m0/s1. The molecule has 11 heteroatoms. The predicted octanol–water partition coefficient (Wildman–Crippen LogP) is 4.04. The van der Waals surface area contributed by atoms with Gasteiger partial charge >= 0.3 is 11.9 Å². The van der Waals surface area contributed by atoms with Gasteiger partial charge in [0.1, 0.15) is 18.4 Å². The lowest BCUT2D eigenvalue weighted by atomic mass is 9.95. The van der Waals surface area contributed by atoms with Crippen molar-refractivity contribution in [2.45, 2.75) is 19.0 Å². The quantitative estimate of drug-likeness (QED) is 0.409. The molecule has 5 rings (SSSR count). The fraction of sp³-hybridized carbons (Fsp3) is 0.182. The van der Waals surface area contributed by atoms with E-state index in [1.165, 1.54) is 35.5 Å². The van der Waals surface area contributed by atoms with E-state index in [0.29, 0.717) is 22.6 Å². The summed E-state index contributed by atoms with van der Waals surface area (Å²) in [7, 11) is 1.82. The zero-order chi connectivity index (χ0) is 23.3. The second-order valence-electron chi connectivity index (χ2n) is 7.70. The molecule has 0 saturated carbocycles. The van der Waals surface area contributed by atoms with Gasteiger partial charge in [-0.3, -0.25) is 8.97 Å². The zero-order valence-corrected chi connectivity index (χ0v) is 17.5. The van der Waals surface area contributed by atoms with Gasteiger partial charge in [-0.05, 0) is 35.4 Å². The number of nitrogens with zero attached hydrogens (tertiary/aromatic N) is 6. The monoisotopic (exact) mass is 454 g/mol. The lowest BCUT2D eigenvalue weighted by molar-refractivity contribution is -0.136. The molecule has 0 radical (unpaired) electrons. The number of aromatic nitrogens is 6. The minimum Gasteiger partial charge on any atom is -0.364 e. The number of alkyl halides is 3. The molecule has 0 N–H and O–H groups in total. The molecule has 33 heavy (non-hydrogen) atoms. The second-order valence-corrected chi connectivity index (χ2v) is 7.70. The van der Waals surface area contributed by atoms with Crippen LogP contribution >= 0.6 is 0 Å². The molecule has 0 fully saturated rings. The lowest BCUT2D eigenvalue weighted by Gasteiger charge is -2.15. The Morgan fingerprint density at radius 2 is 1.97 bits per heavy atom. The summed E-state index contributed by atoms with van der Waals surface area (Å²) in [6.45, 7) is 1.93. The molecule has 0 unspecified atom stereocenters. The van der Waals surface area contributed by atoms with Gasteiger partial charge in [-0.15, -0.1) is 10.2 Å². The van der Waals surface area contributed by atoms with Crippen molar-refractivity contribution >= 4 is 5.52 Å². The highest BCUT2D eigenvalue weighted by molar-refractivity contribution is 5.67. The average Bonchev–Trinajstić information content (AvgIpc) is 3.53. The number of benzene rings is 1. The van der Waals surface area contributed by atoms with E-state index >= 15 is 0 Å². The van der Waals surface area contributed by atoms with Crippen molar-refractivity contribution in [2.75, 3.05) is 0 Å². The Balaban J connectivity index is 1.74. The first-order valence-electron chi connectivity index (χ1n) is 9.93. The van der Waals surface area contributed by atoms with Crippen LogP contribution in [0.25, 0.3) is 22.3 Å². The summed E-state index contributed by atoms with van der Waals surface area (Å²) < 4.78 is 49.5. The van der Waals surface area contributed by atoms with Crippen LogP contribution in [0, 0.1) is 0 Å². The SMILES string of the molecule is C[C@@H](c1cc(-c2cnoc2)cc(-n2cc3c(C(F)(F)F)cccn3c2=O)c1)c1nncn1C. The zero-order valence-electron chi connectivity index (χ0n) is 17.5. The minimum absolute atomic E-state index is 0.213. The molecule has 4 aromatic heterocycles. The van der Waals surface area contributed by atoms with Gasteiger partial charge in [0.05, 0.1) is 23.0 Å². The normalized spacial score (nSPS) is 13.0. The molecule has 1 atom stereocenters. The summed E-state index contributed by atoms with van der Waals surface area (Å²) in [5, 5.41) is 11.8. The van der Waals surface area contributed by atoms with E-state index in [0.717, 1.165) is 16.0 Å². The van der Waals surface area contributed by atoms with Crippen LogP contribution in [0.1, 0.15) is 29.8 Å². The Labute approximate surface area is 184 Å². The van der Waals surface area contributed by atoms with Crippen LogP contribution in [0.4, 0.5) is 13.2 Å². The fourth-order valence-corrected chi connectivity index (χ4v) is 3.91. The lowest BCUT2D eigenvalue weighted by Crippen LogP contribution is -2.19. The van der Waals surface area contributed by atoms with Gasteiger partial charge in [-0.2, -0.15) is 13.2 Å². The van der Waals surface area contributed by atoms with E-state index in [4.69, 9.17) is 4.52 Å². The Morgan fingerprint density at radius 3 is 2.64 bits per heavy atom. The number of imidazole rings is 1. The van der Waals surface area contributed by atoms with Crippen molar-refractivity contribution in [3.8, 4) is 16.8 Å². The first-order valence-corrected chi connectivity index (χ1v) is 9.93. The topological polar surface area (TPSA) is 83.2 Å². The van der Waals surface area contributed by atoms with Crippen molar-refractivity contribution in [1.29, 1.82) is 0 Å². The first kappa shape index (κ1) is 20.7. The van der Waals surface area contributed by atoms with Crippen molar-refractivity contribution in [3.05, 3.63) is 88.9 Å². The summed E-state index contributed by atoms with van der Waals surface area (Å²) in [6, 6.07) is 7.51. The van der Waals surface area contributed by atoms with Gasteiger partial charge in [-0.1, -0.05) is 18.1 Å².